The Bertz CT molecular complexity index is 932. The van der Waals surface area contributed by atoms with Crippen LogP contribution in [0.2, 0.25) is 0 Å². The molecular weight excluding hydrogens is 303 g/mol. The Morgan fingerprint density at radius 2 is 1.96 bits per heavy atom. The molecule has 0 fully saturated rings. The van der Waals surface area contributed by atoms with Gasteiger partial charge in [0.05, 0.1) is 6.26 Å². The molecule has 0 bridgehead atoms. The molecule has 0 amide bonds. The van der Waals surface area contributed by atoms with Crippen LogP contribution in [0, 0.1) is 12.7 Å². The van der Waals surface area contributed by atoms with Crippen LogP contribution in [0.3, 0.4) is 0 Å². The first-order valence-corrected chi connectivity index (χ1v) is 7.95. The summed E-state index contributed by atoms with van der Waals surface area (Å²) < 4.78 is 19.3. The molecule has 1 heterocycles. The summed E-state index contributed by atoms with van der Waals surface area (Å²) in [6.45, 7) is 5.95. The zero-order chi connectivity index (χ0) is 17.3. The second-order valence-corrected chi connectivity index (χ2v) is 6.20. The Morgan fingerprint density at radius 1 is 1.17 bits per heavy atom. The normalized spacial score (nSPS) is 11.7. The molecule has 0 aliphatic heterocycles. The molecule has 3 rings (SSSR count). The highest BCUT2D eigenvalue weighted by Crippen LogP contribution is 2.37. The molecule has 0 atom stereocenters. The fraction of sp³-hybridized carbons (Fsp3) is 0.190. The van der Waals surface area contributed by atoms with Gasteiger partial charge in [-0.2, -0.15) is 0 Å². The second kappa shape index (κ2) is 6.44. The van der Waals surface area contributed by atoms with Crippen molar-refractivity contribution in [2.24, 2.45) is 0 Å². The molecule has 0 spiro atoms. The molecule has 1 aromatic heterocycles. The number of fused-ring (bicyclic) bond motifs is 1. The molecule has 3 aromatic rings. The lowest BCUT2D eigenvalue weighted by Crippen LogP contribution is -1.91. The van der Waals surface area contributed by atoms with Crippen molar-refractivity contribution in [2.75, 3.05) is 0 Å². The van der Waals surface area contributed by atoms with Crippen molar-refractivity contribution in [2.45, 2.75) is 26.7 Å². The second-order valence-electron chi connectivity index (χ2n) is 6.20. The maximum absolute atomic E-state index is 13.6. The van der Waals surface area contributed by atoms with Gasteiger partial charge in [0.2, 0.25) is 0 Å². The lowest BCUT2D eigenvalue weighted by atomic mass is 9.91. The van der Waals surface area contributed by atoms with Crippen molar-refractivity contribution in [1.82, 2.24) is 0 Å². The monoisotopic (exact) mass is 322 g/mol. The zero-order valence-electron chi connectivity index (χ0n) is 14.0. The van der Waals surface area contributed by atoms with Crippen LogP contribution >= 0.6 is 0 Å². The van der Waals surface area contributed by atoms with Crippen molar-refractivity contribution in [3.05, 3.63) is 65.2 Å². The van der Waals surface area contributed by atoms with E-state index in [2.05, 4.69) is 13.8 Å². The number of benzene rings is 2. The minimum Gasteiger partial charge on any atom is -0.464 e. The Balaban J connectivity index is 2.34. The molecule has 0 N–H and O–H groups in total. The first-order valence-electron chi connectivity index (χ1n) is 7.95. The summed E-state index contributed by atoms with van der Waals surface area (Å²) in [5.41, 5.74) is 5.25. The topological polar surface area (TPSA) is 30.2 Å². The molecule has 24 heavy (non-hydrogen) atoms. The number of aldehydes is 1. The van der Waals surface area contributed by atoms with Crippen LogP contribution in [-0.4, -0.2) is 6.29 Å². The number of carbonyl (C=O) groups excluding carboxylic acids is 1. The van der Waals surface area contributed by atoms with E-state index >= 15 is 0 Å². The first kappa shape index (κ1) is 16.2. The average Bonchev–Trinajstić information content (AvgIpc) is 2.99. The Kier molecular flexibility index (Phi) is 4.34. The van der Waals surface area contributed by atoms with Crippen LogP contribution in [0.1, 0.15) is 36.5 Å². The predicted molar refractivity (Wildman–Crippen MR) is 95.5 cm³/mol. The fourth-order valence-corrected chi connectivity index (χ4v) is 2.98. The number of hydrogen-bond acceptors (Lipinski definition) is 2. The predicted octanol–water partition coefficient (Wildman–Crippen LogP) is 5.88. The van der Waals surface area contributed by atoms with Gasteiger partial charge in [-0.3, -0.25) is 4.79 Å². The summed E-state index contributed by atoms with van der Waals surface area (Å²) >= 11 is 0. The van der Waals surface area contributed by atoms with Crippen molar-refractivity contribution >= 4 is 23.3 Å². The summed E-state index contributed by atoms with van der Waals surface area (Å²) in [5, 5.41) is 1.00. The van der Waals surface area contributed by atoms with E-state index in [0.717, 1.165) is 39.5 Å². The molecule has 2 nitrogen and oxygen atoms in total. The van der Waals surface area contributed by atoms with Gasteiger partial charge in [-0.05, 0) is 59.4 Å². The Morgan fingerprint density at radius 3 is 2.62 bits per heavy atom. The van der Waals surface area contributed by atoms with Crippen LogP contribution in [-0.2, 0) is 4.79 Å². The van der Waals surface area contributed by atoms with Crippen molar-refractivity contribution in [1.29, 1.82) is 0 Å². The molecule has 122 valence electrons. The van der Waals surface area contributed by atoms with E-state index < -0.39 is 0 Å². The smallest absolute Gasteiger partial charge is 0.142 e. The largest absolute Gasteiger partial charge is 0.464 e. The van der Waals surface area contributed by atoms with Gasteiger partial charge in [-0.1, -0.05) is 32.1 Å². The van der Waals surface area contributed by atoms with Crippen molar-refractivity contribution in [3.63, 3.8) is 0 Å². The summed E-state index contributed by atoms with van der Waals surface area (Å²) in [5.74, 6) is 0.0656. The minimum atomic E-state index is -0.226. The third kappa shape index (κ3) is 2.78. The number of carbonyl (C=O) groups is 1. The number of hydrogen-bond donors (Lipinski definition) is 0. The average molecular weight is 322 g/mol. The molecule has 0 saturated carbocycles. The van der Waals surface area contributed by atoms with Crippen LogP contribution in [0.15, 0.2) is 47.1 Å². The molecule has 2 aromatic carbocycles. The summed E-state index contributed by atoms with van der Waals surface area (Å²) in [6.07, 6.45) is 5.80. The van der Waals surface area contributed by atoms with Gasteiger partial charge in [0.15, 0.2) is 0 Å². The molecule has 0 saturated heterocycles. The van der Waals surface area contributed by atoms with Crippen molar-refractivity contribution in [3.8, 4) is 11.1 Å². The number of allylic oxidation sites excluding steroid dienone is 1. The van der Waals surface area contributed by atoms with Crippen LogP contribution in [0.25, 0.3) is 28.2 Å². The number of aryl methyl sites for hydroxylation is 1. The molecule has 0 radical (unpaired) electrons. The van der Waals surface area contributed by atoms with Gasteiger partial charge >= 0.3 is 0 Å². The summed E-state index contributed by atoms with van der Waals surface area (Å²) in [4.78, 5) is 10.9. The standard InChI is InChI=1S/C21H19FO2/c1-13(2)18-12-24-20-9-7-16(17(21(18)20)5-4-10-23)15-6-8-19(22)14(3)11-15/h4-13H,1-3H3. The summed E-state index contributed by atoms with van der Waals surface area (Å²) in [6, 6.07) is 8.93. The van der Waals surface area contributed by atoms with E-state index in [0.29, 0.717) is 11.5 Å². The van der Waals surface area contributed by atoms with Crippen molar-refractivity contribution < 1.29 is 13.6 Å². The van der Waals surface area contributed by atoms with E-state index in [-0.39, 0.29) is 5.82 Å². The highest BCUT2D eigenvalue weighted by atomic mass is 19.1. The molecule has 0 aliphatic rings. The van der Waals surface area contributed by atoms with E-state index in [1.165, 1.54) is 12.1 Å². The number of halogens is 1. The van der Waals surface area contributed by atoms with E-state index in [1.807, 2.05) is 18.2 Å². The van der Waals surface area contributed by atoms with Crippen LogP contribution in [0.5, 0.6) is 0 Å². The molecule has 0 aliphatic carbocycles. The van der Waals surface area contributed by atoms with Gasteiger partial charge < -0.3 is 4.42 Å². The number of furan rings is 1. The minimum absolute atomic E-state index is 0.226. The third-order valence-electron chi connectivity index (χ3n) is 4.24. The maximum Gasteiger partial charge on any atom is 0.142 e. The Labute approximate surface area is 140 Å². The maximum atomic E-state index is 13.6. The SMILES string of the molecule is Cc1cc(-c2ccc3occ(C(C)C)c3c2C=CC=O)ccc1F. The van der Waals surface area contributed by atoms with Gasteiger partial charge in [-0.15, -0.1) is 0 Å². The molecular formula is C21H19FO2. The van der Waals surface area contributed by atoms with Gasteiger partial charge in [0.25, 0.3) is 0 Å². The molecule has 3 heteroatoms. The van der Waals surface area contributed by atoms with E-state index in [4.69, 9.17) is 4.42 Å². The fourth-order valence-electron chi connectivity index (χ4n) is 2.98. The third-order valence-corrected chi connectivity index (χ3v) is 4.24. The van der Waals surface area contributed by atoms with Gasteiger partial charge in [-0.25, -0.2) is 4.39 Å². The Hall–Kier alpha value is -2.68. The lowest BCUT2D eigenvalue weighted by molar-refractivity contribution is -0.104. The lowest BCUT2D eigenvalue weighted by Gasteiger charge is -2.11. The van der Waals surface area contributed by atoms with E-state index in [1.54, 1.807) is 25.3 Å². The quantitative estimate of drug-likeness (QED) is 0.443. The summed E-state index contributed by atoms with van der Waals surface area (Å²) in [7, 11) is 0. The number of rotatable bonds is 4. The highest BCUT2D eigenvalue weighted by molar-refractivity contribution is 5.98. The van der Waals surface area contributed by atoms with Gasteiger partial charge in [0.1, 0.15) is 17.7 Å². The highest BCUT2D eigenvalue weighted by Gasteiger charge is 2.16. The zero-order valence-corrected chi connectivity index (χ0v) is 14.0. The van der Waals surface area contributed by atoms with Crippen LogP contribution < -0.4 is 0 Å². The van der Waals surface area contributed by atoms with Crippen LogP contribution in [0.4, 0.5) is 4.39 Å². The molecule has 0 unspecified atom stereocenters. The first-order chi connectivity index (χ1) is 11.5. The van der Waals surface area contributed by atoms with Gasteiger partial charge in [0, 0.05) is 10.9 Å². The van der Waals surface area contributed by atoms with E-state index in [9.17, 15) is 9.18 Å².